The summed E-state index contributed by atoms with van der Waals surface area (Å²) in [6.45, 7) is 1.82. The molecule has 1 aromatic rings. The highest BCUT2D eigenvalue weighted by Crippen LogP contribution is 2.33. The lowest BCUT2D eigenvalue weighted by Gasteiger charge is -2.32. The van der Waals surface area contributed by atoms with Gasteiger partial charge in [-0.05, 0) is 36.8 Å². The summed E-state index contributed by atoms with van der Waals surface area (Å²) in [5.74, 6) is -0.106. The Hall–Kier alpha value is -1.30. The Kier molecular flexibility index (Phi) is 4.76. The third-order valence-corrected chi connectivity index (χ3v) is 3.96. The van der Waals surface area contributed by atoms with Gasteiger partial charge in [0.2, 0.25) is 0 Å². The van der Waals surface area contributed by atoms with Crippen LogP contribution in [0, 0.1) is 0 Å². The first-order chi connectivity index (χ1) is 9.81. The lowest BCUT2D eigenvalue weighted by Crippen LogP contribution is -2.46. The highest BCUT2D eigenvalue weighted by molar-refractivity contribution is 7.80. The number of hydrogen-bond acceptors (Lipinski definition) is 2. The van der Waals surface area contributed by atoms with Crippen molar-refractivity contribution in [2.24, 2.45) is 0 Å². The average Bonchev–Trinajstić information content (AvgIpc) is 2.37. The molecule has 4 nitrogen and oxygen atoms in total. The Morgan fingerprint density at radius 1 is 1.33 bits per heavy atom. The minimum Gasteiger partial charge on any atom is -0.351 e. The second kappa shape index (κ2) is 6.22. The Morgan fingerprint density at radius 2 is 2.00 bits per heavy atom. The van der Waals surface area contributed by atoms with Crippen molar-refractivity contribution in [3.63, 3.8) is 0 Å². The number of rotatable bonds is 2. The second-order valence-corrected chi connectivity index (χ2v) is 6.19. The monoisotopic (exact) mass is 343 g/mol. The fraction of sp³-hybridized carbons (Fsp3) is 0.286. The second-order valence-electron chi connectivity index (χ2n) is 4.94. The van der Waals surface area contributed by atoms with E-state index in [9.17, 15) is 4.79 Å². The molecule has 0 radical (unpaired) electrons. The van der Waals surface area contributed by atoms with Crippen LogP contribution in [0.4, 0.5) is 0 Å². The molecule has 2 N–H and O–H groups in total. The van der Waals surface area contributed by atoms with E-state index >= 15 is 0 Å². The van der Waals surface area contributed by atoms with Gasteiger partial charge in [-0.2, -0.15) is 0 Å². The van der Waals surface area contributed by atoms with Gasteiger partial charge in [0, 0.05) is 29.8 Å². The molecule has 0 saturated carbocycles. The zero-order valence-electron chi connectivity index (χ0n) is 11.8. The Balaban J connectivity index is 2.55. The van der Waals surface area contributed by atoms with Gasteiger partial charge in [-0.1, -0.05) is 29.3 Å². The van der Waals surface area contributed by atoms with Gasteiger partial charge in [-0.25, -0.2) is 0 Å². The maximum atomic E-state index is 12.5. The summed E-state index contributed by atoms with van der Waals surface area (Å²) in [5, 5.41) is 7.56. The van der Waals surface area contributed by atoms with Crippen LogP contribution in [0.15, 0.2) is 29.5 Å². The number of likely N-dealkylation sites (N-methyl/N-ethyl adjacent to an activating group) is 1. The van der Waals surface area contributed by atoms with Crippen molar-refractivity contribution in [2.75, 3.05) is 14.1 Å². The van der Waals surface area contributed by atoms with E-state index in [2.05, 4.69) is 10.6 Å². The molecule has 0 unspecified atom stereocenters. The van der Waals surface area contributed by atoms with Gasteiger partial charge < -0.3 is 15.5 Å². The molecule has 1 heterocycles. The highest BCUT2D eigenvalue weighted by Gasteiger charge is 2.31. The predicted molar refractivity (Wildman–Crippen MR) is 89.5 cm³/mol. The van der Waals surface area contributed by atoms with Crippen LogP contribution >= 0.6 is 35.4 Å². The summed E-state index contributed by atoms with van der Waals surface area (Å²) in [7, 11) is 3.41. The number of carbonyl (C=O) groups is 1. The number of benzene rings is 1. The molecular weight excluding hydrogens is 329 g/mol. The van der Waals surface area contributed by atoms with Crippen molar-refractivity contribution in [2.45, 2.75) is 13.0 Å². The third-order valence-electron chi connectivity index (χ3n) is 3.18. The van der Waals surface area contributed by atoms with Crippen molar-refractivity contribution >= 4 is 46.4 Å². The molecule has 21 heavy (non-hydrogen) atoms. The van der Waals surface area contributed by atoms with E-state index in [1.54, 1.807) is 32.3 Å². The van der Waals surface area contributed by atoms with Crippen LogP contribution in [0.25, 0.3) is 0 Å². The number of nitrogens with zero attached hydrogens (tertiary/aromatic N) is 1. The van der Waals surface area contributed by atoms with Gasteiger partial charge in [0.15, 0.2) is 5.11 Å². The quantitative estimate of drug-likeness (QED) is 0.810. The molecule has 0 aromatic heterocycles. The molecule has 1 aliphatic rings. The number of allylic oxidation sites excluding steroid dienone is 1. The molecule has 0 fully saturated rings. The summed E-state index contributed by atoms with van der Waals surface area (Å²) < 4.78 is 0. The van der Waals surface area contributed by atoms with Crippen molar-refractivity contribution < 1.29 is 4.79 Å². The van der Waals surface area contributed by atoms with Crippen molar-refractivity contribution in [3.05, 3.63) is 45.1 Å². The highest BCUT2D eigenvalue weighted by atomic mass is 35.5. The maximum Gasteiger partial charge on any atom is 0.253 e. The van der Waals surface area contributed by atoms with Crippen LogP contribution in [-0.4, -0.2) is 30.0 Å². The molecule has 0 bridgehead atoms. The molecule has 112 valence electrons. The van der Waals surface area contributed by atoms with Crippen LogP contribution in [0.3, 0.4) is 0 Å². The molecular formula is C14H15Cl2N3OS. The summed E-state index contributed by atoms with van der Waals surface area (Å²) in [5.41, 5.74) is 2.06. The molecule has 1 atom stereocenters. The SMILES string of the molecule is CC1=C(C(=O)N(C)C)[C@H](c2ccc(Cl)cc2Cl)NC(=S)N1. The lowest BCUT2D eigenvalue weighted by atomic mass is 9.94. The van der Waals surface area contributed by atoms with Crippen LogP contribution in [0.5, 0.6) is 0 Å². The van der Waals surface area contributed by atoms with E-state index in [0.29, 0.717) is 26.4 Å². The zero-order chi connectivity index (χ0) is 15.7. The van der Waals surface area contributed by atoms with E-state index < -0.39 is 6.04 Å². The fourth-order valence-electron chi connectivity index (χ4n) is 2.19. The van der Waals surface area contributed by atoms with Gasteiger partial charge in [-0.15, -0.1) is 0 Å². The predicted octanol–water partition coefficient (Wildman–Crippen LogP) is 2.87. The number of hydrogen-bond donors (Lipinski definition) is 2. The third kappa shape index (κ3) is 3.31. The normalized spacial score (nSPS) is 18.1. The van der Waals surface area contributed by atoms with Gasteiger partial charge in [-0.3, -0.25) is 4.79 Å². The molecule has 1 aliphatic heterocycles. The van der Waals surface area contributed by atoms with Crippen molar-refractivity contribution in [1.29, 1.82) is 0 Å². The van der Waals surface area contributed by atoms with E-state index in [0.717, 1.165) is 5.56 Å². The standard InChI is InChI=1S/C14H15Cl2N3OS/c1-7-11(13(20)19(2)3)12(18-14(21)17-7)9-5-4-8(15)6-10(9)16/h4-6,12H,1-3H3,(H2,17,18,21)/t12-/m0/s1. The molecule has 0 aliphatic carbocycles. The first-order valence-corrected chi connectivity index (χ1v) is 7.42. The Bertz CT molecular complexity index is 643. The van der Waals surface area contributed by atoms with Crippen molar-refractivity contribution in [3.8, 4) is 0 Å². The summed E-state index contributed by atoms with van der Waals surface area (Å²) in [6.07, 6.45) is 0. The summed E-state index contributed by atoms with van der Waals surface area (Å²) >= 11 is 17.4. The smallest absolute Gasteiger partial charge is 0.253 e. The number of halogens is 2. The van der Waals surface area contributed by atoms with Gasteiger partial charge in [0.05, 0.1) is 11.6 Å². The molecule has 1 aromatic carbocycles. The molecule has 1 amide bonds. The Morgan fingerprint density at radius 3 is 2.57 bits per heavy atom. The first kappa shape index (κ1) is 16.1. The van der Waals surface area contributed by atoms with E-state index in [1.165, 1.54) is 4.90 Å². The average molecular weight is 344 g/mol. The van der Waals surface area contributed by atoms with Crippen LogP contribution < -0.4 is 10.6 Å². The zero-order valence-corrected chi connectivity index (χ0v) is 14.2. The van der Waals surface area contributed by atoms with E-state index in [-0.39, 0.29) is 5.91 Å². The summed E-state index contributed by atoms with van der Waals surface area (Å²) in [4.78, 5) is 14.0. The molecule has 0 saturated heterocycles. The number of thiocarbonyl (C=S) groups is 1. The van der Waals surface area contributed by atoms with Gasteiger partial charge >= 0.3 is 0 Å². The molecule has 0 spiro atoms. The van der Waals surface area contributed by atoms with Gasteiger partial charge in [0.1, 0.15) is 0 Å². The topological polar surface area (TPSA) is 44.4 Å². The van der Waals surface area contributed by atoms with Gasteiger partial charge in [0.25, 0.3) is 5.91 Å². The minimum atomic E-state index is -0.404. The molecule has 7 heteroatoms. The number of amides is 1. The Labute approximate surface area is 139 Å². The fourth-order valence-corrected chi connectivity index (χ4v) is 2.98. The van der Waals surface area contributed by atoms with E-state index in [1.807, 2.05) is 6.92 Å². The lowest BCUT2D eigenvalue weighted by molar-refractivity contribution is -0.125. The van der Waals surface area contributed by atoms with Crippen LogP contribution in [-0.2, 0) is 4.79 Å². The number of carbonyl (C=O) groups excluding carboxylic acids is 1. The largest absolute Gasteiger partial charge is 0.351 e. The van der Waals surface area contributed by atoms with Crippen LogP contribution in [0.1, 0.15) is 18.5 Å². The van der Waals surface area contributed by atoms with Crippen LogP contribution in [0.2, 0.25) is 10.0 Å². The van der Waals surface area contributed by atoms with E-state index in [4.69, 9.17) is 35.4 Å². The van der Waals surface area contributed by atoms with Crippen molar-refractivity contribution in [1.82, 2.24) is 15.5 Å². The molecule has 2 rings (SSSR count). The maximum absolute atomic E-state index is 12.5. The number of nitrogens with one attached hydrogen (secondary N) is 2. The first-order valence-electron chi connectivity index (χ1n) is 6.26. The summed E-state index contributed by atoms with van der Waals surface area (Å²) in [6, 6.07) is 4.78. The minimum absolute atomic E-state index is 0.106.